The lowest BCUT2D eigenvalue weighted by molar-refractivity contribution is -0.163. The fourth-order valence-corrected chi connectivity index (χ4v) is 3.48. The molecule has 2 heterocycles. The van der Waals surface area contributed by atoms with Crippen molar-refractivity contribution in [1.82, 2.24) is 20.0 Å². The third kappa shape index (κ3) is 3.30. The Kier molecular flexibility index (Phi) is 4.28. The Bertz CT molecular complexity index is 997. The van der Waals surface area contributed by atoms with Crippen molar-refractivity contribution >= 4 is 11.9 Å². The number of primary amides is 1. The van der Waals surface area contributed by atoms with Gasteiger partial charge in [0.05, 0.1) is 24.3 Å². The van der Waals surface area contributed by atoms with E-state index in [2.05, 4.69) is 10.4 Å². The maximum atomic E-state index is 13.6. The van der Waals surface area contributed by atoms with Crippen LogP contribution in [0.4, 0.5) is 22.4 Å². The number of urea groups is 1. The molecule has 0 atom stereocenters. The number of carbonyl (C=O) groups excluding carboxylic acids is 2. The van der Waals surface area contributed by atoms with Gasteiger partial charge < -0.3 is 16.0 Å². The van der Waals surface area contributed by atoms with Crippen LogP contribution in [0.25, 0.3) is 11.3 Å². The van der Waals surface area contributed by atoms with Gasteiger partial charge in [0.1, 0.15) is 17.1 Å². The highest BCUT2D eigenvalue weighted by Gasteiger charge is 2.64. The predicted molar refractivity (Wildman–Crippen MR) is 93.1 cm³/mol. The van der Waals surface area contributed by atoms with Gasteiger partial charge in [-0.15, -0.1) is 0 Å². The van der Waals surface area contributed by atoms with Crippen molar-refractivity contribution < 1.29 is 27.2 Å². The number of nitrogens with one attached hydrogen (secondary N) is 1. The molecule has 4 rings (SSSR count). The minimum Gasteiger partial charge on any atom is -0.365 e. The summed E-state index contributed by atoms with van der Waals surface area (Å²) in [6.45, 7) is 0.132. The molecule has 11 heteroatoms. The predicted octanol–water partition coefficient (Wildman–Crippen LogP) is 2.41. The van der Waals surface area contributed by atoms with Gasteiger partial charge in [0.15, 0.2) is 0 Å². The molecule has 1 fully saturated rings. The van der Waals surface area contributed by atoms with Gasteiger partial charge in [-0.25, -0.2) is 9.18 Å². The lowest BCUT2D eigenvalue weighted by Crippen LogP contribution is -2.54. The van der Waals surface area contributed by atoms with Gasteiger partial charge in [-0.05, 0) is 25.0 Å². The second kappa shape index (κ2) is 6.46. The number of carbonyl (C=O) groups is 2. The first-order valence-electron chi connectivity index (χ1n) is 8.90. The van der Waals surface area contributed by atoms with Crippen LogP contribution in [0.3, 0.4) is 0 Å². The highest BCUT2D eigenvalue weighted by molar-refractivity contribution is 6.00. The number of rotatable bonds is 3. The Morgan fingerprint density at radius 1 is 1.21 bits per heavy atom. The van der Waals surface area contributed by atoms with Gasteiger partial charge in [-0.2, -0.15) is 18.3 Å². The van der Waals surface area contributed by atoms with Crippen molar-refractivity contribution in [2.75, 3.05) is 6.54 Å². The summed E-state index contributed by atoms with van der Waals surface area (Å²) in [7, 11) is 0. The number of halogens is 4. The van der Waals surface area contributed by atoms with Gasteiger partial charge in [-0.3, -0.25) is 9.48 Å². The third-order valence-corrected chi connectivity index (χ3v) is 5.25. The smallest absolute Gasteiger partial charge is 0.365 e. The molecule has 0 saturated heterocycles. The number of fused-ring (bicyclic) bond motifs is 1. The Labute approximate surface area is 162 Å². The summed E-state index contributed by atoms with van der Waals surface area (Å²) in [5.74, 6) is -1.34. The Hall–Kier alpha value is -3.11. The zero-order valence-electron chi connectivity index (χ0n) is 15.1. The van der Waals surface area contributed by atoms with Crippen molar-refractivity contribution in [3.05, 3.63) is 41.3 Å². The normalized spacial score (nSPS) is 17.6. The van der Waals surface area contributed by atoms with Crippen LogP contribution in [-0.2, 0) is 13.1 Å². The van der Waals surface area contributed by atoms with Crippen molar-refractivity contribution in [1.29, 1.82) is 0 Å². The molecular weight excluding hydrogens is 394 g/mol. The van der Waals surface area contributed by atoms with E-state index in [1.54, 1.807) is 6.07 Å². The van der Waals surface area contributed by atoms with E-state index in [0.29, 0.717) is 11.3 Å². The van der Waals surface area contributed by atoms with Crippen LogP contribution in [-0.4, -0.2) is 44.9 Å². The second-order valence-corrected chi connectivity index (χ2v) is 7.20. The van der Waals surface area contributed by atoms with E-state index in [1.807, 2.05) is 0 Å². The Balaban J connectivity index is 1.62. The summed E-state index contributed by atoms with van der Waals surface area (Å²) in [5.41, 5.74) is 4.14. The summed E-state index contributed by atoms with van der Waals surface area (Å²) < 4.78 is 54.4. The van der Waals surface area contributed by atoms with E-state index < -0.39 is 29.5 Å². The van der Waals surface area contributed by atoms with Crippen LogP contribution in [0.5, 0.6) is 0 Å². The molecule has 1 aliphatic heterocycles. The van der Waals surface area contributed by atoms with Crippen LogP contribution in [0.1, 0.15) is 28.9 Å². The first-order chi connectivity index (χ1) is 13.6. The summed E-state index contributed by atoms with van der Waals surface area (Å²) >= 11 is 0. The molecule has 7 nitrogen and oxygen atoms in total. The lowest BCUT2D eigenvalue weighted by atomic mass is 10.0. The van der Waals surface area contributed by atoms with E-state index >= 15 is 0 Å². The van der Waals surface area contributed by atoms with E-state index in [1.165, 1.54) is 27.8 Å². The van der Waals surface area contributed by atoms with Gasteiger partial charge in [0.2, 0.25) is 0 Å². The SMILES string of the molecule is NC(=O)c1c(-c2cccc(F)c2)nn2c1CN(C(=O)NC1(C(F)(F)F)CC1)CC2. The number of amides is 3. The minimum absolute atomic E-state index is 0.0186. The van der Waals surface area contributed by atoms with Gasteiger partial charge in [-0.1, -0.05) is 12.1 Å². The van der Waals surface area contributed by atoms with E-state index in [-0.39, 0.29) is 43.7 Å². The number of alkyl halides is 3. The first-order valence-corrected chi connectivity index (χ1v) is 8.90. The van der Waals surface area contributed by atoms with Crippen molar-refractivity contribution in [3.63, 3.8) is 0 Å². The fourth-order valence-electron chi connectivity index (χ4n) is 3.48. The zero-order chi connectivity index (χ0) is 21.0. The molecule has 1 saturated carbocycles. The van der Waals surface area contributed by atoms with Gasteiger partial charge in [0, 0.05) is 12.1 Å². The molecule has 0 bridgehead atoms. The number of aromatic nitrogens is 2. The second-order valence-electron chi connectivity index (χ2n) is 7.20. The highest BCUT2D eigenvalue weighted by Crippen LogP contribution is 2.49. The van der Waals surface area contributed by atoms with Crippen LogP contribution in [0, 0.1) is 5.82 Å². The molecule has 3 amide bonds. The molecule has 154 valence electrons. The number of hydrogen-bond acceptors (Lipinski definition) is 3. The average Bonchev–Trinajstić information content (AvgIpc) is 3.33. The molecule has 1 aromatic carbocycles. The van der Waals surface area contributed by atoms with Crippen molar-refractivity contribution in [2.45, 2.75) is 37.6 Å². The molecule has 2 aromatic rings. The van der Waals surface area contributed by atoms with Crippen LogP contribution >= 0.6 is 0 Å². The number of hydrogen-bond donors (Lipinski definition) is 2. The fraction of sp³-hybridized carbons (Fsp3) is 0.389. The lowest BCUT2D eigenvalue weighted by Gasteiger charge is -2.31. The number of nitrogens with zero attached hydrogens (tertiary/aromatic N) is 3. The monoisotopic (exact) mass is 411 g/mol. The van der Waals surface area contributed by atoms with Crippen LogP contribution in [0.2, 0.25) is 0 Å². The maximum Gasteiger partial charge on any atom is 0.411 e. The van der Waals surface area contributed by atoms with Gasteiger partial charge >= 0.3 is 12.2 Å². The van der Waals surface area contributed by atoms with E-state index in [0.717, 1.165) is 0 Å². The number of benzene rings is 1. The molecule has 2 aliphatic rings. The topological polar surface area (TPSA) is 93.2 Å². The Morgan fingerprint density at radius 3 is 2.52 bits per heavy atom. The van der Waals surface area contributed by atoms with E-state index in [9.17, 15) is 27.2 Å². The largest absolute Gasteiger partial charge is 0.411 e. The zero-order valence-corrected chi connectivity index (χ0v) is 15.1. The molecule has 0 spiro atoms. The van der Waals surface area contributed by atoms with Crippen molar-refractivity contribution in [2.24, 2.45) is 5.73 Å². The quantitative estimate of drug-likeness (QED) is 0.760. The summed E-state index contributed by atoms with van der Waals surface area (Å²) in [6, 6.07) is 4.60. The van der Waals surface area contributed by atoms with Crippen molar-refractivity contribution in [3.8, 4) is 11.3 Å². The van der Waals surface area contributed by atoms with Gasteiger partial charge in [0.25, 0.3) is 5.91 Å². The molecule has 1 aliphatic carbocycles. The van der Waals surface area contributed by atoms with Crippen LogP contribution < -0.4 is 11.1 Å². The molecule has 0 unspecified atom stereocenters. The first kappa shape index (κ1) is 19.2. The molecule has 1 aromatic heterocycles. The molecule has 0 radical (unpaired) electrons. The number of nitrogens with two attached hydrogens (primary N) is 1. The average molecular weight is 411 g/mol. The van der Waals surface area contributed by atoms with Crippen LogP contribution in [0.15, 0.2) is 24.3 Å². The maximum absolute atomic E-state index is 13.6. The van der Waals surface area contributed by atoms with E-state index in [4.69, 9.17) is 5.73 Å². The summed E-state index contributed by atoms with van der Waals surface area (Å²) in [6.07, 6.45) is -4.85. The standard InChI is InChI=1S/C18H17F4N5O2/c19-11-3-1-2-10(8-11)14-13(15(23)28)12-9-26(6-7-27(12)25-14)16(29)24-17(4-5-17)18(20,21)22/h1-3,8H,4-7,9H2,(H2,23,28)(H,24,29). The molecule has 29 heavy (non-hydrogen) atoms. The third-order valence-electron chi connectivity index (χ3n) is 5.25. The minimum atomic E-state index is -4.52. The summed E-state index contributed by atoms with van der Waals surface area (Å²) in [4.78, 5) is 25.7. The molecule has 3 N–H and O–H groups in total. The molecular formula is C18H17F4N5O2. The highest BCUT2D eigenvalue weighted by atomic mass is 19.4. The summed E-state index contributed by atoms with van der Waals surface area (Å²) in [5, 5.41) is 6.38. The Morgan fingerprint density at radius 2 is 1.93 bits per heavy atom.